The number of nitrogens with zero attached hydrogens (tertiary/aromatic N) is 1. The summed E-state index contributed by atoms with van der Waals surface area (Å²) in [4.78, 5) is 41.7. The van der Waals surface area contributed by atoms with Crippen LogP contribution in [-0.2, 0) is 33.3 Å². The van der Waals surface area contributed by atoms with Crippen molar-refractivity contribution in [2.24, 2.45) is 17.8 Å². The van der Waals surface area contributed by atoms with Crippen LogP contribution in [0, 0.1) is 17.8 Å². The average Bonchev–Trinajstić information content (AvgIpc) is 3.24. The summed E-state index contributed by atoms with van der Waals surface area (Å²) in [6, 6.07) is -0.890. The van der Waals surface area contributed by atoms with Crippen molar-refractivity contribution < 1.29 is 43.2 Å². The Balaban J connectivity index is 2.08. The number of hydrogen-bond acceptors (Lipinski definition) is 10. The van der Waals surface area contributed by atoms with E-state index in [4.69, 9.17) is 23.7 Å². The van der Waals surface area contributed by atoms with Gasteiger partial charge in [-0.3, -0.25) is 4.79 Å². The van der Waals surface area contributed by atoms with Gasteiger partial charge in [-0.2, -0.15) is 0 Å². The van der Waals surface area contributed by atoms with Gasteiger partial charge < -0.3 is 39.0 Å². The van der Waals surface area contributed by atoms with Crippen LogP contribution in [0.4, 0.5) is 4.79 Å². The number of ether oxygens (including phenoxy) is 5. The van der Waals surface area contributed by atoms with Gasteiger partial charge in [-0.05, 0) is 61.1 Å². The molecule has 2 N–H and O–H groups in total. The van der Waals surface area contributed by atoms with Gasteiger partial charge in [0, 0.05) is 36.5 Å². The fourth-order valence-corrected chi connectivity index (χ4v) is 7.09. The van der Waals surface area contributed by atoms with Crippen molar-refractivity contribution in [2.45, 2.75) is 129 Å². The highest BCUT2D eigenvalue weighted by Crippen LogP contribution is 2.39. The first-order valence-corrected chi connectivity index (χ1v) is 15.1. The summed E-state index contributed by atoms with van der Waals surface area (Å²) in [5.41, 5.74) is -1.91. The molecule has 0 saturated carbocycles. The molecule has 0 unspecified atom stereocenters. The van der Waals surface area contributed by atoms with Crippen molar-refractivity contribution in [1.29, 1.82) is 0 Å². The first-order chi connectivity index (χ1) is 19.5. The molecule has 0 aromatic heterocycles. The zero-order valence-electron chi connectivity index (χ0n) is 27.1. The van der Waals surface area contributed by atoms with Crippen LogP contribution in [0.25, 0.3) is 0 Å². The van der Waals surface area contributed by atoms with E-state index in [1.54, 1.807) is 34.0 Å². The molecule has 3 heterocycles. The second-order valence-corrected chi connectivity index (χ2v) is 13.1. The molecule has 0 aliphatic carbocycles. The zero-order chi connectivity index (χ0) is 31.7. The minimum absolute atomic E-state index is 0.0908. The number of fused-ring (bicyclic) bond motifs is 1. The van der Waals surface area contributed by atoms with Gasteiger partial charge in [-0.1, -0.05) is 33.8 Å². The lowest BCUT2D eigenvalue weighted by Gasteiger charge is -2.46. The molecule has 1 amide bonds. The highest BCUT2D eigenvalue weighted by Gasteiger charge is 2.56. The van der Waals surface area contributed by atoms with E-state index in [1.807, 2.05) is 53.6 Å². The topological polar surface area (TPSA) is 133 Å². The number of esters is 1. The molecule has 0 radical (unpaired) electrons. The molecular weight excluding hydrogens is 544 g/mol. The molecular formula is C31H52N2O9. The normalized spacial score (nSPS) is 45.3. The number of hydrogen-bond donors (Lipinski definition) is 2. The van der Waals surface area contributed by atoms with Gasteiger partial charge in [-0.25, -0.2) is 9.59 Å². The highest BCUT2D eigenvalue weighted by atomic mass is 16.7. The predicted molar refractivity (Wildman–Crippen MR) is 156 cm³/mol. The molecule has 11 nitrogen and oxygen atoms in total. The van der Waals surface area contributed by atoms with Gasteiger partial charge in [0.15, 0.2) is 11.9 Å². The molecule has 12 atom stereocenters. The Morgan fingerprint density at radius 2 is 1.79 bits per heavy atom. The number of likely N-dealkylation sites (N-methyl/N-ethyl adjacent to an activating group) is 1. The van der Waals surface area contributed by atoms with E-state index < -0.39 is 71.7 Å². The van der Waals surface area contributed by atoms with Crippen molar-refractivity contribution in [1.82, 2.24) is 10.2 Å². The van der Waals surface area contributed by atoms with Gasteiger partial charge in [0.05, 0.1) is 23.9 Å². The summed E-state index contributed by atoms with van der Waals surface area (Å²) >= 11 is 0. The van der Waals surface area contributed by atoms with Crippen LogP contribution in [-0.4, -0.2) is 103 Å². The number of cyclic esters (lactones) is 1. The van der Waals surface area contributed by atoms with Crippen LogP contribution in [0.3, 0.4) is 0 Å². The number of methoxy groups -OCH3 is 1. The first-order valence-electron chi connectivity index (χ1n) is 15.1. The third kappa shape index (κ3) is 6.85. The maximum Gasteiger partial charge on any atom is 0.408 e. The molecule has 0 aromatic carbocycles. The standard InChI is InChI=1S/C31H52N2O9/c1-12-22-31(8)25(32-29(37)42-31)20(6)23(34)18(4)15-30(7,38-11)26(16(2)13-17(3)27(36)40-22)41-28-24(35)21(33(9)10)14-19(5)39-28/h13,16,18-22,24-26,28,35H,12,14-15H2,1-11H3,(H,32,37)/b17-13+/t16-,18+,19+,20+,21-,22+,24+,25+,26+,28-,30+,31+/m0/s1. The monoisotopic (exact) mass is 596 g/mol. The summed E-state index contributed by atoms with van der Waals surface area (Å²) in [6.07, 6.45) is -1.13. The molecule has 3 rings (SSSR count). The van der Waals surface area contributed by atoms with Gasteiger partial charge in [-0.15, -0.1) is 0 Å². The van der Waals surface area contributed by atoms with Crippen LogP contribution in [0.15, 0.2) is 11.6 Å². The van der Waals surface area contributed by atoms with Gasteiger partial charge in [0.1, 0.15) is 18.0 Å². The summed E-state index contributed by atoms with van der Waals surface area (Å²) in [6.45, 7) is 14.5. The van der Waals surface area contributed by atoms with Gasteiger partial charge in [0.2, 0.25) is 0 Å². The molecule has 0 bridgehead atoms. The molecule has 0 aromatic rings. The molecule has 2 saturated heterocycles. The van der Waals surface area contributed by atoms with E-state index in [0.29, 0.717) is 18.4 Å². The van der Waals surface area contributed by atoms with E-state index >= 15 is 0 Å². The molecule has 11 heteroatoms. The Hall–Kier alpha value is -2.05. The van der Waals surface area contributed by atoms with Crippen molar-refractivity contribution in [3.63, 3.8) is 0 Å². The fraction of sp³-hybridized carbons (Fsp3) is 0.839. The molecule has 0 spiro atoms. The average molecular weight is 597 g/mol. The summed E-state index contributed by atoms with van der Waals surface area (Å²) < 4.78 is 30.4. The Kier molecular flexibility index (Phi) is 10.9. The zero-order valence-corrected chi connectivity index (χ0v) is 27.1. The molecule has 240 valence electrons. The van der Waals surface area contributed by atoms with Crippen LogP contribution in [0.5, 0.6) is 0 Å². The Labute approximate surface area is 250 Å². The molecule has 3 aliphatic heterocycles. The second kappa shape index (κ2) is 13.3. The first kappa shape index (κ1) is 34.4. The lowest BCUT2D eigenvalue weighted by molar-refractivity contribution is -0.294. The molecule has 42 heavy (non-hydrogen) atoms. The SMILES string of the molecule is CC[C@H]1OC(=O)/C(C)=C/[C@H](C)[C@@H](O[C@@H]2O[C@H](C)C[C@H](N(C)C)[C@H]2O)[C@](C)(OC)C[C@@H](C)C(=O)[C@@H](C)[C@H]2NC(=O)O[C@@]21C. The fourth-order valence-electron chi connectivity index (χ4n) is 7.09. The summed E-state index contributed by atoms with van der Waals surface area (Å²) in [5, 5.41) is 14.0. The smallest absolute Gasteiger partial charge is 0.408 e. The van der Waals surface area contributed by atoms with E-state index in [2.05, 4.69) is 5.32 Å². The van der Waals surface area contributed by atoms with Crippen molar-refractivity contribution in [3.05, 3.63) is 11.6 Å². The number of ketones is 1. The number of rotatable bonds is 5. The number of amides is 1. The Morgan fingerprint density at radius 1 is 1.14 bits per heavy atom. The number of Topliss-reactive ketones (excluding diaryl/α,β-unsaturated/α-hetero) is 1. The highest BCUT2D eigenvalue weighted by molar-refractivity contribution is 5.88. The van der Waals surface area contributed by atoms with Gasteiger partial charge >= 0.3 is 12.1 Å². The Morgan fingerprint density at radius 3 is 2.36 bits per heavy atom. The van der Waals surface area contributed by atoms with Crippen LogP contribution in [0.2, 0.25) is 0 Å². The van der Waals surface area contributed by atoms with Crippen LogP contribution < -0.4 is 5.32 Å². The maximum atomic E-state index is 13.9. The number of carbonyl (C=O) groups is 3. The second-order valence-electron chi connectivity index (χ2n) is 13.1. The van der Waals surface area contributed by atoms with E-state index in [-0.39, 0.29) is 24.3 Å². The lowest BCUT2D eigenvalue weighted by Crippen LogP contribution is -2.58. The molecule has 3 aliphatic rings. The third-order valence-electron chi connectivity index (χ3n) is 9.55. The molecule has 2 fully saturated rings. The van der Waals surface area contributed by atoms with Gasteiger partial charge in [0.25, 0.3) is 0 Å². The van der Waals surface area contributed by atoms with Crippen LogP contribution in [0.1, 0.15) is 74.7 Å². The largest absolute Gasteiger partial charge is 0.455 e. The van der Waals surface area contributed by atoms with E-state index in [1.165, 1.54) is 0 Å². The number of aliphatic hydroxyl groups is 1. The number of nitrogens with one attached hydrogen (secondary N) is 1. The van der Waals surface area contributed by atoms with E-state index in [0.717, 1.165) is 0 Å². The van der Waals surface area contributed by atoms with Crippen molar-refractivity contribution in [2.75, 3.05) is 21.2 Å². The number of alkyl carbamates (subject to hydrolysis) is 1. The third-order valence-corrected chi connectivity index (χ3v) is 9.55. The number of aliphatic hydroxyl groups excluding tert-OH is 1. The minimum atomic E-state index is -1.24. The van der Waals surface area contributed by atoms with Crippen LogP contribution >= 0.6 is 0 Å². The maximum absolute atomic E-state index is 13.9. The lowest BCUT2D eigenvalue weighted by atomic mass is 9.74. The Bertz CT molecular complexity index is 1030. The summed E-state index contributed by atoms with van der Waals surface area (Å²) in [7, 11) is 5.38. The van der Waals surface area contributed by atoms with E-state index in [9.17, 15) is 19.5 Å². The summed E-state index contributed by atoms with van der Waals surface area (Å²) in [5.74, 6) is -2.20. The van der Waals surface area contributed by atoms with Crippen molar-refractivity contribution >= 4 is 17.8 Å². The predicted octanol–water partition coefficient (Wildman–Crippen LogP) is 3.22. The number of carbonyl (C=O) groups excluding carboxylic acids is 3. The minimum Gasteiger partial charge on any atom is -0.455 e. The van der Waals surface area contributed by atoms with Crippen molar-refractivity contribution in [3.8, 4) is 0 Å². The quantitative estimate of drug-likeness (QED) is 0.456.